The van der Waals surface area contributed by atoms with Gasteiger partial charge in [0, 0.05) is 16.3 Å². The summed E-state index contributed by atoms with van der Waals surface area (Å²) in [7, 11) is 0. The van der Waals surface area contributed by atoms with E-state index in [4.69, 9.17) is 0 Å². The zero-order valence-electron chi connectivity index (χ0n) is 15.4. The van der Waals surface area contributed by atoms with Crippen LogP contribution in [0.4, 0.5) is 0 Å². The monoisotopic (exact) mass is 359 g/mol. The van der Waals surface area contributed by atoms with Gasteiger partial charge in [-0.3, -0.25) is 4.40 Å². The third-order valence-corrected chi connectivity index (χ3v) is 5.65. The van der Waals surface area contributed by atoms with Crippen LogP contribution in [0.5, 0.6) is 0 Å². The number of aromatic nitrogens is 3. The number of hydrogen-bond donors (Lipinski definition) is 0. The van der Waals surface area contributed by atoms with Gasteiger partial charge in [-0.1, -0.05) is 78.9 Å². The second kappa shape index (κ2) is 5.64. The average Bonchev–Trinajstić information content (AvgIpc) is 3.20. The van der Waals surface area contributed by atoms with Crippen LogP contribution in [0.25, 0.3) is 49.5 Å². The maximum absolute atomic E-state index is 4.66. The highest BCUT2D eigenvalue weighted by Gasteiger charge is 2.17. The standard InChI is InChI=1S/C25H17N3/c1-16-14-15-22(18-9-3-2-8-17(16)18)25-27-26-24-21-12-5-4-10-19(21)20-11-6-7-13-23(20)28(24)25/h2-15H,1H3. The van der Waals surface area contributed by atoms with E-state index in [0.717, 1.165) is 27.9 Å². The predicted octanol–water partition coefficient (Wildman–Crippen LogP) is 6.16. The molecule has 2 aromatic heterocycles. The van der Waals surface area contributed by atoms with Crippen LogP contribution in [-0.4, -0.2) is 14.6 Å². The van der Waals surface area contributed by atoms with Gasteiger partial charge >= 0.3 is 0 Å². The van der Waals surface area contributed by atoms with Gasteiger partial charge in [-0.05, 0) is 34.7 Å². The Balaban J connectivity index is 1.84. The molecule has 0 aliphatic rings. The van der Waals surface area contributed by atoms with Crippen molar-refractivity contribution in [2.24, 2.45) is 0 Å². The van der Waals surface area contributed by atoms with Crippen molar-refractivity contribution < 1.29 is 0 Å². The zero-order valence-corrected chi connectivity index (χ0v) is 15.4. The molecule has 0 saturated carbocycles. The maximum Gasteiger partial charge on any atom is 0.169 e. The average molecular weight is 359 g/mol. The predicted molar refractivity (Wildman–Crippen MR) is 116 cm³/mol. The fourth-order valence-corrected chi connectivity index (χ4v) is 4.32. The highest BCUT2D eigenvalue weighted by Crippen LogP contribution is 2.34. The van der Waals surface area contributed by atoms with Crippen molar-refractivity contribution in [2.75, 3.05) is 0 Å². The first-order valence-electron chi connectivity index (χ1n) is 9.46. The van der Waals surface area contributed by atoms with E-state index < -0.39 is 0 Å². The molecule has 0 amide bonds. The Labute approximate surface area is 161 Å². The summed E-state index contributed by atoms with van der Waals surface area (Å²) in [6.45, 7) is 2.15. The quantitative estimate of drug-likeness (QED) is 0.329. The van der Waals surface area contributed by atoms with Gasteiger partial charge < -0.3 is 0 Å². The summed E-state index contributed by atoms with van der Waals surface area (Å²) in [6.07, 6.45) is 0. The molecule has 0 aliphatic carbocycles. The van der Waals surface area contributed by atoms with Crippen LogP contribution in [0.2, 0.25) is 0 Å². The Kier molecular flexibility index (Phi) is 3.09. The van der Waals surface area contributed by atoms with Gasteiger partial charge in [-0.2, -0.15) is 0 Å². The Bertz CT molecular complexity index is 1530. The van der Waals surface area contributed by atoms with Gasteiger partial charge in [0.15, 0.2) is 11.5 Å². The number of para-hydroxylation sites is 1. The maximum atomic E-state index is 4.66. The van der Waals surface area contributed by atoms with Crippen LogP contribution in [0, 0.1) is 6.92 Å². The lowest BCUT2D eigenvalue weighted by Crippen LogP contribution is -1.95. The summed E-state index contributed by atoms with van der Waals surface area (Å²) < 4.78 is 2.20. The lowest BCUT2D eigenvalue weighted by Gasteiger charge is -2.11. The van der Waals surface area contributed by atoms with E-state index in [0.29, 0.717) is 0 Å². The van der Waals surface area contributed by atoms with E-state index in [1.54, 1.807) is 0 Å². The van der Waals surface area contributed by atoms with Gasteiger partial charge in [0.2, 0.25) is 0 Å². The van der Waals surface area contributed by atoms with Crippen LogP contribution in [-0.2, 0) is 0 Å². The van der Waals surface area contributed by atoms with Crippen molar-refractivity contribution in [3.8, 4) is 11.4 Å². The molecule has 4 aromatic carbocycles. The fraction of sp³-hybridized carbons (Fsp3) is 0.0400. The lowest BCUT2D eigenvalue weighted by atomic mass is 9.99. The third-order valence-electron chi connectivity index (χ3n) is 5.65. The molecule has 0 aliphatic heterocycles. The van der Waals surface area contributed by atoms with Crippen molar-refractivity contribution in [3.63, 3.8) is 0 Å². The number of pyridine rings is 1. The molecular weight excluding hydrogens is 342 g/mol. The van der Waals surface area contributed by atoms with E-state index in [1.807, 2.05) is 0 Å². The molecule has 6 aromatic rings. The van der Waals surface area contributed by atoms with Gasteiger partial charge in [-0.25, -0.2) is 0 Å². The van der Waals surface area contributed by atoms with E-state index in [-0.39, 0.29) is 0 Å². The molecule has 3 heteroatoms. The lowest BCUT2D eigenvalue weighted by molar-refractivity contribution is 1.12. The molecule has 0 atom stereocenters. The van der Waals surface area contributed by atoms with Crippen LogP contribution >= 0.6 is 0 Å². The second-order valence-electron chi connectivity index (χ2n) is 7.22. The first-order valence-corrected chi connectivity index (χ1v) is 9.46. The largest absolute Gasteiger partial charge is 0.274 e. The molecule has 132 valence electrons. The van der Waals surface area contributed by atoms with Crippen LogP contribution < -0.4 is 0 Å². The van der Waals surface area contributed by atoms with Crippen LogP contribution in [0.1, 0.15) is 5.56 Å². The van der Waals surface area contributed by atoms with Crippen molar-refractivity contribution >= 4 is 38.1 Å². The van der Waals surface area contributed by atoms with E-state index in [1.165, 1.54) is 27.1 Å². The van der Waals surface area contributed by atoms with E-state index in [2.05, 4.69) is 106 Å². The first-order chi connectivity index (χ1) is 13.8. The molecule has 2 heterocycles. The third kappa shape index (κ3) is 1.99. The van der Waals surface area contributed by atoms with Gasteiger partial charge in [-0.15, -0.1) is 10.2 Å². The van der Waals surface area contributed by atoms with Gasteiger partial charge in [0.1, 0.15) is 0 Å². The minimum Gasteiger partial charge on any atom is -0.274 e. The highest BCUT2D eigenvalue weighted by molar-refractivity contribution is 6.12. The molecule has 0 spiro atoms. The van der Waals surface area contributed by atoms with Gasteiger partial charge in [0.05, 0.1) is 5.52 Å². The summed E-state index contributed by atoms with van der Waals surface area (Å²) >= 11 is 0. The smallest absolute Gasteiger partial charge is 0.169 e. The fourth-order valence-electron chi connectivity index (χ4n) is 4.32. The summed E-state index contributed by atoms with van der Waals surface area (Å²) in [4.78, 5) is 0. The second-order valence-corrected chi connectivity index (χ2v) is 7.22. The number of rotatable bonds is 1. The molecule has 0 N–H and O–H groups in total. The molecule has 0 saturated heterocycles. The number of hydrogen-bond acceptors (Lipinski definition) is 2. The molecule has 3 nitrogen and oxygen atoms in total. The first kappa shape index (κ1) is 15.3. The van der Waals surface area contributed by atoms with Crippen molar-refractivity contribution in [3.05, 3.63) is 90.5 Å². The van der Waals surface area contributed by atoms with Gasteiger partial charge in [0.25, 0.3) is 0 Å². The minimum absolute atomic E-state index is 0.883. The van der Waals surface area contributed by atoms with Crippen molar-refractivity contribution in [2.45, 2.75) is 6.92 Å². The summed E-state index contributed by atoms with van der Waals surface area (Å²) in [5.41, 5.74) is 4.40. The molecule has 0 radical (unpaired) electrons. The zero-order chi connectivity index (χ0) is 18.7. The van der Waals surface area contributed by atoms with E-state index >= 15 is 0 Å². The molecule has 28 heavy (non-hydrogen) atoms. The van der Waals surface area contributed by atoms with Crippen LogP contribution in [0.15, 0.2) is 84.9 Å². The SMILES string of the molecule is Cc1ccc(-c2nnc3c4ccccc4c4ccccc4n23)c2ccccc12. The molecule has 0 unspecified atom stereocenters. The number of fused-ring (bicyclic) bond motifs is 7. The van der Waals surface area contributed by atoms with Crippen molar-refractivity contribution in [1.82, 2.24) is 14.6 Å². The summed E-state index contributed by atoms with van der Waals surface area (Å²) in [6, 6.07) is 29.8. The normalized spacial score (nSPS) is 11.8. The Morgan fingerprint density at radius 1 is 0.571 bits per heavy atom. The highest BCUT2D eigenvalue weighted by atomic mass is 15.2. The summed E-state index contributed by atoms with van der Waals surface area (Å²) in [5.74, 6) is 0.883. The number of aryl methyl sites for hydroxylation is 1. The number of benzene rings is 4. The Hall–Kier alpha value is -3.72. The molecule has 0 fully saturated rings. The topological polar surface area (TPSA) is 30.2 Å². The number of nitrogens with zero attached hydrogens (tertiary/aromatic N) is 3. The molecular formula is C25H17N3. The van der Waals surface area contributed by atoms with Crippen LogP contribution in [0.3, 0.4) is 0 Å². The van der Waals surface area contributed by atoms with Crippen molar-refractivity contribution in [1.29, 1.82) is 0 Å². The summed E-state index contributed by atoms with van der Waals surface area (Å²) in [5, 5.41) is 15.3. The molecule has 6 rings (SSSR count). The van der Waals surface area contributed by atoms with E-state index in [9.17, 15) is 0 Å². The minimum atomic E-state index is 0.883. The Morgan fingerprint density at radius 3 is 2.04 bits per heavy atom. The molecule has 0 bridgehead atoms. The Morgan fingerprint density at radius 2 is 1.21 bits per heavy atom.